The maximum atomic E-state index is 12.1. The summed E-state index contributed by atoms with van der Waals surface area (Å²) in [4.78, 5) is 19.1. The lowest BCUT2D eigenvalue weighted by molar-refractivity contribution is 0.0674. The summed E-state index contributed by atoms with van der Waals surface area (Å²) in [5.74, 6) is 2.40. The Labute approximate surface area is 154 Å². The minimum Gasteiger partial charge on any atom is -0.444 e. The largest absolute Gasteiger partial charge is 0.444 e. The van der Waals surface area contributed by atoms with Gasteiger partial charge in [0.05, 0.1) is 24.5 Å². The van der Waals surface area contributed by atoms with Crippen molar-refractivity contribution in [3.63, 3.8) is 0 Å². The summed E-state index contributed by atoms with van der Waals surface area (Å²) < 4.78 is 7.55. The first kappa shape index (κ1) is 17.5. The first-order valence-electron chi connectivity index (χ1n) is 9.67. The van der Waals surface area contributed by atoms with E-state index < -0.39 is 0 Å². The zero-order valence-corrected chi connectivity index (χ0v) is 16.0. The smallest absolute Gasteiger partial charge is 0.266 e. The molecule has 140 valence electrons. The normalized spacial score (nSPS) is 18.6. The Morgan fingerprint density at radius 3 is 2.69 bits per heavy atom. The van der Waals surface area contributed by atoms with Gasteiger partial charge in [-0.25, -0.2) is 9.67 Å². The van der Waals surface area contributed by atoms with E-state index in [1.165, 1.54) is 12.8 Å². The van der Waals surface area contributed by atoms with E-state index in [2.05, 4.69) is 35.8 Å². The highest BCUT2D eigenvalue weighted by molar-refractivity contribution is 5.13. The second kappa shape index (κ2) is 6.65. The fraction of sp³-hybridized carbons (Fsp3) is 0.650. The number of rotatable bonds is 4. The van der Waals surface area contributed by atoms with Crippen molar-refractivity contribution in [1.29, 1.82) is 0 Å². The van der Waals surface area contributed by atoms with E-state index in [0.29, 0.717) is 12.5 Å². The van der Waals surface area contributed by atoms with Crippen molar-refractivity contribution < 1.29 is 4.42 Å². The summed E-state index contributed by atoms with van der Waals surface area (Å²) in [7, 11) is 0. The van der Waals surface area contributed by atoms with Crippen LogP contribution in [0.4, 0.5) is 0 Å². The van der Waals surface area contributed by atoms with Crippen LogP contribution in [0.15, 0.2) is 21.3 Å². The van der Waals surface area contributed by atoms with E-state index in [-0.39, 0.29) is 11.0 Å². The number of hydrogen-bond acceptors (Lipinski definition) is 5. The van der Waals surface area contributed by atoms with Gasteiger partial charge in [-0.15, -0.1) is 0 Å². The van der Waals surface area contributed by atoms with Crippen LogP contribution in [0.2, 0.25) is 0 Å². The van der Waals surface area contributed by atoms with Crippen LogP contribution in [0.25, 0.3) is 0 Å². The average molecular weight is 356 g/mol. The second-order valence-electron chi connectivity index (χ2n) is 8.73. The summed E-state index contributed by atoms with van der Waals surface area (Å²) in [5.41, 5.74) is 2.05. The highest BCUT2D eigenvalue weighted by Crippen LogP contribution is 2.25. The molecule has 0 aromatic carbocycles. The average Bonchev–Trinajstić information content (AvgIpc) is 2.96. The van der Waals surface area contributed by atoms with E-state index in [9.17, 15) is 4.79 Å². The fourth-order valence-electron chi connectivity index (χ4n) is 3.81. The van der Waals surface area contributed by atoms with Gasteiger partial charge in [0.25, 0.3) is 5.56 Å². The predicted octanol–water partition coefficient (Wildman–Crippen LogP) is 2.54. The maximum Gasteiger partial charge on any atom is 0.266 e. The van der Waals surface area contributed by atoms with Gasteiger partial charge >= 0.3 is 0 Å². The van der Waals surface area contributed by atoms with Gasteiger partial charge in [-0.2, -0.15) is 5.10 Å². The van der Waals surface area contributed by atoms with E-state index in [4.69, 9.17) is 4.42 Å². The molecule has 6 nitrogen and oxygen atoms in total. The molecular formula is C20H28N4O2. The van der Waals surface area contributed by atoms with Gasteiger partial charge in [-0.1, -0.05) is 20.8 Å². The first-order valence-corrected chi connectivity index (χ1v) is 9.67. The van der Waals surface area contributed by atoms with Crippen LogP contribution < -0.4 is 5.56 Å². The molecule has 1 aliphatic heterocycles. The van der Waals surface area contributed by atoms with E-state index in [1.54, 1.807) is 10.7 Å². The van der Waals surface area contributed by atoms with Crippen molar-refractivity contribution in [3.8, 4) is 0 Å². The molecular weight excluding hydrogens is 328 g/mol. The molecule has 1 saturated heterocycles. The lowest BCUT2D eigenvalue weighted by Gasteiger charge is -2.38. The van der Waals surface area contributed by atoms with Crippen molar-refractivity contribution >= 4 is 0 Å². The molecule has 4 rings (SSSR count). The van der Waals surface area contributed by atoms with Crippen LogP contribution in [0.3, 0.4) is 0 Å². The molecule has 3 heterocycles. The third kappa shape index (κ3) is 3.61. The van der Waals surface area contributed by atoms with Crippen LogP contribution in [-0.2, 0) is 31.3 Å². The quantitative estimate of drug-likeness (QED) is 0.842. The molecule has 0 N–H and O–H groups in total. The lowest BCUT2D eigenvalue weighted by atomic mass is 9.92. The van der Waals surface area contributed by atoms with Gasteiger partial charge < -0.3 is 4.42 Å². The molecule has 0 atom stereocenters. The van der Waals surface area contributed by atoms with Gasteiger partial charge in [-0.3, -0.25) is 9.69 Å². The summed E-state index contributed by atoms with van der Waals surface area (Å²) in [6.07, 6.45) is 4.52. The predicted molar refractivity (Wildman–Crippen MR) is 99.1 cm³/mol. The van der Waals surface area contributed by atoms with Crippen LogP contribution in [-0.4, -0.2) is 32.8 Å². The highest BCUT2D eigenvalue weighted by Gasteiger charge is 2.29. The molecule has 6 heteroatoms. The van der Waals surface area contributed by atoms with Crippen molar-refractivity contribution in [2.24, 2.45) is 5.92 Å². The SMILES string of the molecule is CC(C)(C)c1ccc(=O)n(CC2CN(Cc3nc4c(o3)CCCC4)C2)n1. The second-order valence-corrected chi connectivity index (χ2v) is 8.73. The Kier molecular flexibility index (Phi) is 4.47. The van der Waals surface area contributed by atoms with Gasteiger partial charge in [0, 0.05) is 36.9 Å². The number of aromatic nitrogens is 3. The number of oxazole rings is 1. The topological polar surface area (TPSA) is 64.2 Å². The zero-order valence-electron chi connectivity index (χ0n) is 16.0. The van der Waals surface area contributed by atoms with Crippen molar-refractivity contribution in [2.45, 2.75) is 65.0 Å². The molecule has 1 fully saturated rings. The van der Waals surface area contributed by atoms with Crippen LogP contribution in [0.5, 0.6) is 0 Å². The summed E-state index contributed by atoms with van der Waals surface area (Å²) in [5, 5.41) is 4.57. The van der Waals surface area contributed by atoms with E-state index >= 15 is 0 Å². The molecule has 26 heavy (non-hydrogen) atoms. The minimum absolute atomic E-state index is 0.0168. The van der Waals surface area contributed by atoms with Gasteiger partial charge in [0.1, 0.15) is 5.76 Å². The third-order valence-electron chi connectivity index (χ3n) is 5.35. The van der Waals surface area contributed by atoms with Crippen LogP contribution in [0, 0.1) is 5.92 Å². The Morgan fingerprint density at radius 2 is 1.96 bits per heavy atom. The zero-order chi connectivity index (χ0) is 18.3. The van der Waals surface area contributed by atoms with Gasteiger partial charge in [0.15, 0.2) is 0 Å². The molecule has 0 spiro atoms. The molecule has 2 aromatic rings. The highest BCUT2D eigenvalue weighted by atomic mass is 16.4. The van der Waals surface area contributed by atoms with E-state index in [0.717, 1.165) is 55.5 Å². The van der Waals surface area contributed by atoms with Crippen LogP contribution in [0.1, 0.15) is 56.7 Å². The molecule has 2 aromatic heterocycles. The van der Waals surface area contributed by atoms with Crippen molar-refractivity contribution in [1.82, 2.24) is 19.7 Å². The fourth-order valence-corrected chi connectivity index (χ4v) is 3.81. The Morgan fingerprint density at radius 1 is 1.19 bits per heavy atom. The first-order chi connectivity index (χ1) is 12.4. The Bertz CT molecular complexity index is 817. The molecule has 0 bridgehead atoms. The molecule has 0 saturated carbocycles. The van der Waals surface area contributed by atoms with Crippen molar-refractivity contribution in [3.05, 3.63) is 45.5 Å². The number of fused-ring (bicyclic) bond motifs is 1. The standard InChI is InChI=1S/C20H28N4O2/c1-20(2,3)17-8-9-19(25)24(22-17)12-14-10-23(11-14)13-18-21-15-6-4-5-7-16(15)26-18/h8-9,14H,4-7,10-13H2,1-3H3. The molecule has 0 amide bonds. The Balaban J connectivity index is 1.34. The summed E-state index contributed by atoms with van der Waals surface area (Å²) in [6.45, 7) is 9.72. The monoisotopic (exact) mass is 356 g/mol. The van der Waals surface area contributed by atoms with Gasteiger partial charge in [-0.05, 0) is 25.3 Å². The van der Waals surface area contributed by atoms with Crippen LogP contribution >= 0.6 is 0 Å². The maximum absolute atomic E-state index is 12.1. The third-order valence-corrected chi connectivity index (χ3v) is 5.35. The number of hydrogen-bond donors (Lipinski definition) is 0. The Hall–Kier alpha value is -1.95. The molecule has 0 radical (unpaired) electrons. The van der Waals surface area contributed by atoms with Crippen molar-refractivity contribution in [2.75, 3.05) is 13.1 Å². The summed E-state index contributed by atoms with van der Waals surface area (Å²) in [6, 6.07) is 3.48. The molecule has 2 aliphatic rings. The lowest BCUT2D eigenvalue weighted by Crippen LogP contribution is -2.49. The minimum atomic E-state index is -0.0504. The molecule has 0 unspecified atom stereocenters. The molecule has 1 aliphatic carbocycles. The summed E-state index contributed by atoms with van der Waals surface area (Å²) >= 11 is 0. The van der Waals surface area contributed by atoms with E-state index in [1.807, 2.05) is 6.07 Å². The number of nitrogens with zero attached hydrogens (tertiary/aromatic N) is 4. The number of likely N-dealkylation sites (tertiary alicyclic amines) is 1. The van der Waals surface area contributed by atoms with Gasteiger partial charge in [0.2, 0.25) is 5.89 Å². The number of aryl methyl sites for hydroxylation is 2.